The lowest BCUT2D eigenvalue weighted by Gasteiger charge is -2.22. The molecule has 1 amide bonds. The van der Waals surface area contributed by atoms with E-state index < -0.39 is 0 Å². The quantitative estimate of drug-likeness (QED) is 0.524. The van der Waals surface area contributed by atoms with Crippen LogP contribution in [0.4, 0.5) is 11.4 Å². The molecule has 2 rings (SSSR count). The van der Waals surface area contributed by atoms with Gasteiger partial charge in [0, 0.05) is 37.7 Å². The second-order valence-electron chi connectivity index (χ2n) is 6.11. The van der Waals surface area contributed by atoms with Gasteiger partial charge in [0.25, 0.3) is 0 Å². The van der Waals surface area contributed by atoms with Crippen LogP contribution in [0.15, 0.2) is 48.5 Å². The predicted molar refractivity (Wildman–Crippen MR) is 111 cm³/mol. The van der Waals surface area contributed by atoms with Crippen molar-refractivity contribution in [2.45, 2.75) is 20.8 Å². The van der Waals surface area contributed by atoms with E-state index in [1.54, 1.807) is 13.2 Å². The molecule has 0 bridgehead atoms. The Morgan fingerprint density at radius 1 is 1.11 bits per heavy atom. The molecule has 0 unspecified atom stereocenters. The summed E-state index contributed by atoms with van der Waals surface area (Å²) in [5, 5.41) is 2.94. The molecule has 0 spiro atoms. The molecule has 144 valence electrons. The highest BCUT2D eigenvalue weighted by molar-refractivity contribution is 6.02. The Labute approximate surface area is 161 Å². The van der Waals surface area contributed by atoms with Gasteiger partial charge in [-0.15, -0.1) is 0 Å². The van der Waals surface area contributed by atoms with Crippen molar-refractivity contribution in [2.75, 3.05) is 37.2 Å². The fourth-order valence-electron chi connectivity index (χ4n) is 2.72. The van der Waals surface area contributed by atoms with Crippen molar-refractivity contribution < 1.29 is 14.3 Å². The van der Waals surface area contributed by atoms with E-state index in [-0.39, 0.29) is 12.7 Å². The lowest BCUT2D eigenvalue weighted by molar-refractivity contribution is -0.111. The molecule has 0 atom stereocenters. The molecule has 0 heterocycles. The fourth-order valence-corrected chi connectivity index (χ4v) is 2.72. The summed E-state index contributed by atoms with van der Waals surface area (Å²) in [5.74, 6) is 0.566. The lowest BCUT2D eigenvalue weighted by Crippen LogP contribution is -2.22. The van der Waals surface area contributed by atoms with Gasteiger partial charge < -0.3 is 19.7 Å². The fraction of sp³-hybridized carbons (Fsp3) is 0.318. The summed E-state index contributed by atoms with van der Waals surface area (Å²) >= 11 is 0. The minimum atomic E-state index is -0.159. The van der Waals surface area contributed by atoms with Crippen LogP contribution in [0.5, 0.6) is 5.75 Å². The second-order valence-corrected chi connectivity index (χ2v) is 6.11. The Bertz CT molecular complexity index is 766. The molecule has 0 aliphatic heterocycles. The Morgan fingerprint density at radius 3 is 2.41 bits per heavy atom. The molecule has 0 aromatic heterocycles. The first-order valence-corrected chi connectivity index (χ1v) is 9.13. The molecule has 5 heteroatoms. The Balaban J connectivity index is 1.97. The summed E-state index contributed by atoms with van der Waals surface area (Å²) in [6.45, 7) is 8.40. The summed E-state index contributed by atoms with van der Waals surface area (Å²) in [6.07, 6.45) is 3.30. The van der Waals surface area contributed by atoms with Gasteiger partial charge in [-0.1, -0.05) is 12.1 Å². The van der Waals surface area contributed by atoms with Gasteiger partial charge in [0.05, 0.1) is 0 Å². The number of rotatable bonds is 9. The Kier molecular flexibility index (Phi) is 7.89. The van der Waals surface area contributed by atoms with Crippen molar-refractivity contribution in [1.29, 1.82) is 0 Å². The second kappa shape index (κ2) is 10.4. The SMILES string of the molecule is CCN(CC)c1ccc(NC(=O)/C=C/c2ccc(OCOC)cc2)c(C)c1. The maximum Gasteiger partial charge on any atom is 0.248 e. The molecule has 2 aromatic rings. The third-order valence-corrected chi connectivity index (χ3v) is 4.25. The van der Waals surface area contributed by atoms with E-state index in [2.05, 4.69) is 30.1 Å². The number of aryl methyl sites for hydroxylation is 1. The highest BCUT2D eigenvalue weighted by Gasteiger charge is 2.06. The number of benzene rings is 2. The first-order valence-electron chi connectivity index (χ1n) is 9.13. The van der Waals surface area contributed by atoms with Gasteiger partial charge in [0.1, 0.15) is 5.75 Å². The molecule has 1 N–H and O–H groups in total. The largest absolute Gasteiger partial charge is 0.468 e. The van der Waals surface area contributed by atoms with Crippen molar-refractivity contribution in [3.05, 3.63) is 59.7 Å². The molecular weight excluding hydrogens is 340 g/mol. The highest BCUT2D eigenvalue weighted by atomic mass is 16.7. The standard InChI is InChI=1S/C22H28N2O3/c1-5-24(6-2)19-10-13-21(17(3)15-19)23-22(25)14-9-18-7-11-20(12-8-18)27-16-26-4/h7-15H,5-6,16H2,1-4H3,(H,23,25)/b14-9+. The van der Waals surface area contributed by atoms with E-state index in [0.29, 0.717) is 0 Å². The van der Waals surface area contributed by atoms with Gasteiger partial charge in [-0.05, 0) is 68.3 Å². The van der Waals surface area contributed by atoms with Crippen molar-refractivity contribution in [1.82, 2.24) is 0 Å². The molecule has 0 fully saturated rings. The topological polar surface area (TPSA) is 50.8 Å². The van der Waals surface area contributed by atoms with Gasteiger partial charge >= 0.3 is 0 Å². The summed E-state index contributed by atoms with van der Waals surface area (Å²) in [7, 11) is 1.58. The number of hydrogen-bond acceptors (Lipinski definition) is 4. The number of carbonyl (C=O) groups excluding carboxylic acids is 1. The monoisotopic (exact) mass is 368 g/mol. The smallest absolute Gasteiger partial charge is 0.248 e. The number of methoxy groups -OCH3 is 1. The minimum absolute atomic E-state index is 0.159. The normalized spacial score (nSPS) is 10.8. The summed E-state index contributed by atoms with van der Waals surface area (Å²) < 4.78 is 10.2. The molecule has 5 nitrogen and oxygen atoms in total. The molecule has 0 aliphatic rings. The molecule has 0 saturated carbocycles. The van der Waals surface area contributed by atoms with Gasteiger partial charge in [-0.2, -0.15) is 0 Å². The number of nitrogens with zero attached hydrogens (tertiary/aromatic N) is 1. The van der Waals surface area contributed by atoms with Crippen LogP contribution in [0.25, 0.3) is 6.08 Å². The first kappa shape index (κ1) is 20.5. The number of nitrogens with one attached hydrogen (secondary N) is 1. The van der Waals surface area contributed by atoms with Crippen molar-refractivity contribution >= 4 is 23.4 Å². The number of anilines is 2. The maximum absolute atomic E-state index is 12.2. The molecule has 2 aromatic carbocycles. The van der Waals surface area contributed by atoms with E-state index in [4.69, 9.17) is 9.47 Å². The van der Waals surface area contributed by atoms with Crippen molar-refractivity contribution in [2.24, 2.45) is 0 Å². The van der Waals surface area contributed by atoms with Crippen LogP contribution in [0.3, 0.4) is 0 Å². The van der Waals surface area contributed by atoms with Gasteiger partial charge in [0.2, 0.25) is 5.91 Å². The minimum Gasteiger partial charge on any atom is -0.468 e. The molecule has 0 radical (unpaired) electrons. The van der Waals surface area contributed by atoms with Crippen LogP contribution in [-0.4, -0.2) is 32.9 Å². The van der Waals surface area contributed by atoms with E-state index in [1.165, 1.54) is 11.8 Å². The first-order chi connectivity index (χ1) is 13.1. The number of hydrogen-bond donors (Lipinski definition) is 1. The van der Waals surface area contributed by atoms with Crippen LogP contribution in [0, 0.1) is 6.92 Å². The summed E-state index contributed by atoms with van der Waals surface area (Å²) in [4.78, 5) is 14.5. The summed E-state index contributed by atoms with van der Waals surface area (Å²) in [5.41, 5.74) is 3.95. The third kappa shape index (κ3) is 6.15. The van der Waals surface area contributed by atoms with Gasteiger partial charge in [-0.25, -0.2) is 0 Å². The maximum atomic E-state index is 12.2. The zero-order valence-corrected chi connectivity index (χ0v) is 16.5. The Hall–Kier alpha value is -2.79. The molecule has 0 aliphatic carbocycles. The number of amides is 1. The van der Waals surface area contributed by atoms with Crippen LogP contribution in [0.2, 0.25) is 0 Å². The molecule has 0 saturated heterocycles. The van der Waals surface area contributed by atoms with E-state index in [1.807, 2.05) is 43.3 Å². The van der Waals surface area contributed by atoms with Crippen molar-refractivity contribution in [3.63, 3.8) is 0 Å². The van der Waals surface area contributed by atoms with Crippen LogP contribution in [-0.2, 0) is 9.53 Å². The van der Waals surface area contributed by atoms with Crippen LogP contribution in [0.1, 0.15) is 25.0 Å². The third-order valence-electron chi connectivity index (χ3n) is 4.25. The lowest BCUT2D eigenvalue weighted by atomic mass is 10.1. The zero-order valence-electron chi connectivity index (χ0n) is 16.5. The average molecular weight is 368 g/mol. The van der Waals surface area contributed by atoms with Gasteiger partial charge in [-0.3, -0.25) is 4.79 Å². The van der Waals surface area contributed by atoms with Crippen LogP contribution >= 0.6 is 0 Å². The zero-order chi connectivity index (χ0) is 19.6. The summed E-state index contributed by atoms with van der Waals surface area (Å²) in [6, 6.07) is 13.6. The van der Waals surface area contributed by atoms with Crippen LogP contribution < -0.4 is 15.0 Å². The highest BCUT2D eigenvalue weighted by Crippen LogP contribution is 2.22. The van der Waals surface area contributed by atoms with E-state index in [0.717, 1.165) is 35.7 Å². The molecular formula is C22H28N2O3. The van der Waals surface area contributed by atoms with Crippen molar-refractivity contribution in [3.8, 4) is 5.75 Å². The average Bonchev–Trinajstić information content (AvgIpc) is 2.68. The number of carbonyl (C=O) groups is 1. The molecule has 27 heavy (non-hydrogen) atoms. The van der Waals surface area contributed by atoms with E-state index in [9.17, 15) is 4.79 Å². The predicted octanol–water partition coefficient (Wildman–Crippen LogP) is 4.48. The van der Waals surface area contributed by atoms with Gasteiger partial charge in [0.15, 0.2) is 6.79 Å². The number of ether oxygens (including phenoxy) is 2. The Morgan fingerprint density at radius 2 is 1.81 bits per heavy atom. The van der Waals surface area contributed by atoms with E-state index >= 15 is 0 Å².